The van der Waals surface area contributed by atoms with Crippen LogP contribution in [0, 0.1) is 24.7 Å². The lowest BCUT2D eigenvalue weighted by molar-refractivity contribution is 0.177. The Balaban J connectivity index is 0.00000144. The Morgan fingerprint density at radius 1 is 0.711 bits per heavy atom. The van der Waals surface area contributed by atoms with Gasteiger partial charge in [0.15, 0.2) is 6.71 Å². The molecule has 1 aliphatic heterocycles. The van der Waals surface area contributed by atoms with E-state index < -0.39 is 0 Å². The van der Waals surface area contributed by atoms with Crippen LogP contribution in [0.3, 0.4) is 0 Å². The average Bonchev–Trinajstić information content (AvgIpc) is 3.35. The van der Waals surface area contributed by atoms with Crippen molar-refractivity contribution in [2.45, 2.75) is 68.0 Å². The van der Waals surface area contributed by atoms with Crippen LogP contribution in [-0.4, -0.2) is 16.3 Å². The third-order valence-electron chi connectivity index (χ3n) is 9.38. The number of rotatable bonds is 3. The molecule has 1 fully saturated rings. The molecule has 2 nitrogen and oxygen atoms in total. The summed E-state index contributed by atoms with van der Waals surface area (Å²) in [6.07, 6.45) is 6.52. The Labute approximate surface area is 229 Å². The molecular formula is C35H41BN2. The van der Waals surface area contributed by atoms with Gasteiger partial charge in [0.2, 0.25) is 0 Å². The molecule has 0 saturated carbocycles. The van der Waals surface area contributed by atoms with Gasteiger partial charge in [-0.2, -0.15) is 0 Å². The summed E-state index contributed by atoms with van der Waals surface area (Å²) in [5.41, 5.74) is 10.8. The summed E-state index contributed by atoms with van der Waals surface area (Å²) in [7, 11) is 0. The van der Waals surface area contributed by atoms with Crippen molar-refractivity contribution in [1.29, 1.82) is 0 Å². The molecule has 194 valence electrons. The van der Waals surface area contributed by atoms with Crippen molar-refractivity contribution in [2.24, 2.45) is 10.8 Å². The minimum atomic E-state index is 0.347. The van der Waals surface area contributed by atoms with E-state index in [0.717, 1.165) is 5.69 Å². The fourth-order valence-corrected chi connectivity index (χ4v) is 6.48. The van der Waals surface area contributed by atoms with Crippen molar-refractivity contribution in [3.05, 3.63) is 90.3 Å². The van der Waals surface area contributed by atoms with Gasteiger partial charge >= 0.3 is 0 Å². The molecule has 3 aromatic carbocycles. The zero-order valence-electron chi connectivity index (χ0n) is 24.4. The van der Waals surface area contributed by atoms with Gasteiger partial charge in [-0.1, -0.05) is 114 Å². The topological polar surface area (TPSA) is 17.8 Å². The van der Waals surface area contributed by atoms with Crippen molar-refractivity contribution >= 4 is 34.0 Å². The van der Waals surface area contributed by atoms with Gasteiger partial charge in [0.05, 0.1) is 22.9 Å². The summed E-state index contributed by atoms with van der Waals surface area (Å²) >= 11 is 0. The van der Waals surface area contributed by atoms with Crippen LogP contribution in [0.4, 0.5) is 0 Å². The van der Waals surface area contributed by atoms with Gasteiger partial charge in [-0.05, 0) is 53.5 Å². The number of aromatic nitrogens is 2. The number of benzene rings is 3. The number of hydrogen-bond acceptors (Lipinski definition) is 1. The van der Waals surface area contributed by atoms with Crippen LogP contribution in [0.1, 0.15) is 52.7 Å². The summed E-state index contributed by atoms with van der Waals surface area (Å²) < 4.78 is 2.42. The monoisotopic (exact) mass is 500 g/mol. The largest absolute Gasteiger partial charge is 0.307 e. The van der Waals surface area contributed by atoms with Gasteiger partial charge in [-0.15, -0.1) is 0 Å². The van der Waals surface area contributed by atoms with E-state index in [2.05, 4.69) is 113 Å². The minimum absolute atomic E-state index is 0.347. The maximum absolute atomic E-state index is 4.72. The normalized spacial score (nSPS) is 16.1. The number of para-hydroxylation sites is 1. The number of fused-ring (bicyclic) bond motifs is 3. The Kier molecular flexibility index (Phi) is 6.76. The second-order valence-electron chi connectivity index (χ2n) is 12.1. The molecule has 3 heteroatoms. The van der Waals surface area contributed by atoms with Crippen molar-refractivity contribution in [3.63, 3.8) is 0 Å². The van der Waals surface area contributed by atoms with Gasteiger partial charge in [0.1, 0.15) is 0 Å². The Hall–Kier alpha value is -3.33. The quantitative estimate of drug-likeness (QED) is 0.226. The van der Waals surface area contributed by atoms with Crippen molar-refractivity contribution in [2.75, 3.05) is 0 Å². The highest BCUT2D eigenvalue weighted by molar-refractivity contribution is 6.74. The summed E-state index contributed by atoms with van der Waals surface area (Å²) in [5.74, 6) is 0. The van der Waals surface area contributed by atoms with Gasteiger partial charge in [-0.25, -0.2) is 0 Å². The number of pyridine rings is 1. The molecule has 6 rings (SSSR count). The maximum atomic E-state index is 4.72. The first kappa shape index (κ1) is 26.3. The van der Waals surface area contributed by atoms with Crippen LogP contribution in [0.2, 0.25) is 12.6 Å². The van der Waals surface area contributed by atoms with E-state index in [1.54, 1.807) is 0 Å². The van der Waals surface area contributed by atoms with Crippen LogP contribution >= 0.6 is 0 Å². The molecule has 0 radical (unpaired) electrons. The average molecular weight is 501 g/mol. The maximum Gasteiger partial charge on any atom is 0.177 e. The summed E-state index contributed by atoms with van der Waals surface area (Å²) in [5, 5.41) is 2.65. The molecular weight excluding hydrogens is 459 g/mol. The predicted octanol–water partition coefficient (Wildman–Crippen LogP) is 9.26. The molecule has 0 unspecified atom stereocenters. The lowest BCUT2D eigenvalue weighted by atomic mass is 9.42. The highest BCUT2D eigenvalue weighted by Gasteiger charge is 2.48. The molecule has 1 saturated heterocycles. The van der Waals surface area contributed by atoms with E-state index in [0.29, 0.717) is 17.5 Å². The minimum Gasteiger partial charge on any atom is -0.307 e. The molecule has 3 heterocycles. The Morgan fingerprint density at radius 3 is 2.05 bits per heavy atom. The molecule has 38 heavy (non-hydrogen) atoms. The molecule has 0 spiro atoms. The zero-order chi connectivity index (χ0) is 27.2. The second kappa shape index (κ2) is 9.77. The predicted molar refractivity (Wildman–Crippen MR) is 167 cm³/mol. The summed E-state index contributed by atoms with van der Waals surface area (Å²) in [4.78, 5) is 4.72. The van der Waals surface area contributed by atoms with E-state index in [1.165, 1.54) is 62.2 Å². The van der Waals surface area contributed by atoms with Crippen molar-refractivity contribution < 1.29 is 0 Å². The first-order valence-electron chi connectivity index (χ1n) is 14.2. The molecule has 0 N–H and O–H groups in total. The Bertz CT molecular complexity index is 1610. The standard InChI is InChI=1S/C33H35BN2.C2H6/c1-22-11-7-8-12-25(22)28-18-35-19-31(23(28)2)36-29-14-10-9-13-26(29)27-17-24(15-16-30(27)36)34-20-32(3,4)33(5,6)21-34;1-2/h7-19H,20-21H2,1-6H3;1-2H3. The zero-order valence-corrected chi connectivity index (χ0v) is 24.4. The fraction of sp³-hybridized carbons (Fsp3) is 0.343. The van der Waals surface area contributed by atoms with Gasteiger partial charge in [0, 0.05) is 22.5 Å². The smallest absolute Gasteiger partial charge is 0.177 e. The molecule has 5 aromatic rings. The van der Waals surface area contributed by atoms with E-state index in [1.807, 2.05) is 26.2 Å². The second-order valence-corrected chi connectivity index (χ2v) is 12.1. The third-order valence-corrected chi connectivity index (χ3v) is 9.38. The van der Waals surface area contributed by atoms with Crippen LogP contribution in [0.15, 0.2) is 79.1 Å². The number of aryl methyl sites for hydroxylation is 1. The van der Waals surface area contributed by atoms with Crippen LogP contribution in [0.25, 0.3) is 38.6 Å². The molecule has 1 aliphatic rings. The van der Waals surface area contributed by atoms with Crippen molar-refractivity contribution in [3.8, 4) is 16.8 Å². The molecule has 0 bridgehead atoms. The van der Waals surface area contributed by atoms with Crippen LogP contribution in [0.5, 0.6) is 0 Å². The first-order valence-corrected chi connectivity index (χ1v) is 14.2. The van der Waals surface area contributed by atoms with Crippen LogP contribution < -0.4 is 5.46 Å². The lowest BCUT2D eigenvalue weighted by Crippen LogP contribution is -2.27. The van der Waals surface area contributed by atoms with E-state index in [-0.39, 0.29) is 0 Å². The fourth-order valence-electron chi connectivity index (χ4n) is 6.48. The first-order chi connectivity index (χ1) is 18.2. The van der Waals surface area contributed by atoms with Crippen LogP contribution in [-0.2, 0) is 0 Å². The summed E-state index contributed by atoms with van der Waals surface area (Å²) in [6.45, 7) is 18.8. The van der Waals surface area contributed by atoms with Gasteiger partial charge in [-0.3, -0.25) is 4.98 Å². The molecule has 0 atom stereocenters. The lowest BCUT2D eigenvalue weighted by Gasteiger charge is -2.35. The number of hydrogen-bond donors (Lipinski definition) is 0. The van der Waals surface area contributed by atoms with Crippen molar-refractivity contribution in [1.82, 2.24) is 9.55 Å². The number of nitrogens with zero attached hydrogens (tertiary/aromatic N) is 2. The van der Waals surface area contributed by atoms with Gasteiger partial charge in [0.25, 0.3) is 0 Å². The molecule has 0 aliphatic carbocycles. The van der Waals surface area contributed by atoms with Gasteiger partial charge < -0.3 is 4.57 Å². The third kappa shape index (κ3) is 4.17. The molecule has 2 aromatic heterocycles. The SMILES string of the molecule is CC.Cc1ccccc1-c1cncc(-n2c3ccccc3c3cc(B4CC(C)(C)C(C)(C)C4)ccc32)c1C. The van der Waals surface area contributed by atoms with E-state index in [4.69, 9.17) is 4.98 Å². The Morgan fingerprint density at radius 2 is 1.34 bits per heavy atom. The molecule has 0 amide bonds. The van der Waals surface area contributed by atoms with E-state index in [9.17, 15) is 0 Å². The highest BCUT2D eigenvalue weighted by Crippen LogP contribution is 2.52. The highest BCUT2D eigenvalue weighted by atomic mass is 15.0. The van der Waals surface area contributed by atoms with E-state index >= 15 is 0 Å². The summed E-state index contributed by atoms with van der Waals surface area (Å²) in [6, 6.07) is 24.6.